The second kappa shape index (κ2) is 4.80. The average molecular weight is 261 g/mol. The number of nitrogen functional groups attached to an aromatic ring is 1. The van der Waals surface area contributed by atoms with E-state index in [2.05, 4.69) is 0 Å². The summed E-state index contributed by atoms with van der Waals surface area (Å²) in [5, 5.41) is 0. The Bertz CT molecular complexity index is 642. The summed E-state index contributed by atoms with van der Waals surface area (Å²) >= 11 is 0. The predicted molar refractivity (Wildman–Crippen MR) is 70.1 cm³/mol. The van der Waals surface area contributed by atoms with E-state index in [0.29, 0.717) is 16.7 Å². The molecule has 0 amide bonds. The molecule has 0 aliphatic heterocycles. The number of halogens is 2. The van der Waals surface area contributed by atoms with Crippen LogP contribution in [0, 0.1) is 25.5 Å². The lowest BCUT2D eigenvalue weighted by Crippen LogP contribution is -2.07. The van der Waals surface area contributed by atoms with E-state index in [-0.39, 0.29) is 17.1 Å². The van der Waals surface area contributed by atoms with Crippen LogP contribution < -0.4 is 5.73 Å². The third kappa shape index (κ3) is 2.47. The summed E-state index contributed by atoms with van der Waals surface area (Å²) in [4.78, 5) is 12.3. The van der Waals surface area contributed by atoms with Gasteiger partial charge >= 0.3 is 0 Å². The Hall–Kier alpha value is -2.23. The molecule has 98 valence electrons. The first-order valence-electron chi connectivity index (χ1n) is 5.76. The molecule has 19 heavy (non-hydrogen) atoms. The van der Waals surface area contributed by atoms with Crippen molar-refractivity contribution in [2.24, 2.45) is 0 Å². The van der Waals surface area contributed by atoms with Gasteiger partial charge in [-0.2, -0.15) is 0 Å². The molecule has 0 saturated heterocycles. The summed E-state index contributed by atoms with van der Waals surface area (Å²) in [6.45, 7) is 3.15. The van der Waals surface area contributed by atoms with Crippen LogP contribution in [-0.4, -0.2) is 5.78 Å². The van der Waals surface area contributed by atoms with Crippen molar-refractivity contribution in [2.75, 3.05) is 5.73 Å². The van der Waals surface area contributed by atoms with Crippen LogP contribution in [0.15, 0.2) is 30.3 Å². The fraction of sp³-hybridized carbons (Fsp3) is 0.133. The Morgan fingerprint density at radius 3 is 2.21 bits per heavy atom. The average Bonchev–Trinajstić information content (AvgIpc) is 2.37. The van der Waals surface area contributed by atoms with Crippen LogP contribution in [0.1, 0.15) is 27.0 Å². The van der Waals surface area contributed by atoms with Crippen LogP contribution in [0.25, 0.3) is 0 Å². The molecule has 2 rings (SSSR count). The molecule has 0 spiro atoms. The second-order valence-corrected chi connectivity index (χ2v) is 4.48. The van der Waals surface area contributed by atoms with Crippen LogP contribution >= 0.6 is 0 Å². The van der Waals surface area contributed by atoms with Crippen molar-refractivity contribution < 1.29 is 13.6 Å². The standard InChI is InChI=1S/C15H13F2NO/c1-8-5-10(6-9(2)14(8)17)15(19)12-7-11(16)3-4-13(12)18/h3-7H,18H2,1-2H3. The van der Waals surface area contributed by atoms with Gasteiger partial charge in [0.15, 0.2) is 5.78 Å². The van der Waals surface area contributed by atoms with Crippen LogP contribution in [0.5, 0.6) is 0 Å². The Kier molecular flexibility index (Phi) is 3.34. The third-order valence-corrected chi connectivity index (χ3v) is 2.96. The summed E-state index contributed by atoms with van der Waals surface area (Å²) in [5.41, 5.74) is 7.01. The topological polar surface area (TPSA) is 43.1 Å². The molecule has 2 aromatic rings. The van der Waals surface area contributed by atoms with E-state index in [9.17, 15) is 13.6 Å². The number of rotatable bonds is 2. The minimum atomic E-state index is -0.534. The van der Waals surface area contributed by atoms with Crippen LogP contribution in [0.3, 0.4) is 0 Å². The summed E-state index contributed by atoms with van der Waals surface area (Å²) in [5.74, 6) is -1.29. The lowest BCUT2D eigenvalue weighted by Gasteiger charge is -2.08. The van der Waals surface area contributed by atoms with E-state index in [4.69, 9.17) is 5.73 Å². The van der Waals surface area contributed by atoms with Gasteiger partial charge in [-0.05, 0) is 55.3 Å². The molecule has 0 aliphatic carbocycles. The number of aryl methyl sites for hydroxylation is 2. The van der Waals surface area contributed by atoms with Crippen LogP contribution in [0.4, 0.5) is 14.5 Å². The first-order valence-corrected chi connectivity index (χ1v) is 5.76. The van der Waals surface area contributed by atoms with Gasteiger partial charge in [-0.15, -0.1) is 0 Å². The number of hydrogen-bond acceptors (Lipinski definition) is 2. The highest BCUT2D eigenvalue weighted by Gasteiger charge is 2.15. The summed E-state index contributed by atoms with van der Waals surface area (Å²) < 4.78 is 26.7. The largest absolute Gasteiger partial charge is 0.398 e. The Balaban J connectivity index is 2.53. The van der Waals surface area contributed by atoms with Crippen molar-refractivity contribution in [1.29, 1.82) is 0 Å². The molecule has 0 fully saturated rings. The highest BCUT2D eigenvalue weighted by Crippen LogP contribution is 2.21. The maximum Gasteiger partial charge on any atom is 0.195 e. The molecule has 0 heterocycles. The van der Waals surface area contributed by atoms with Gasteiger partial charge in [-0.3, -0.25) is 4.79 Å². The number of carbonyl (C=O) groups excluding carboxylic acids is 1. The van der Waals surface area contributed by atoms with Crippen molar-refractivity contribution in [2.45, 2.75) is 13.8 Å². The van der Waals surface area contributed by atoms with Gasteiger partial charge in [0.25, 0.3) is 0 Å². The maximum absolute atomic E-state index is 13.5. The fourth-order valence-corrected chi connectivity index (χ4v) is 1.96. The van der Waals surface area contributed by atoms with Gasteiger partial charge in [-0.1, -0.05) is 0 Å². The van der Waals surface area contributed by atoms with Crippen molar-refractivity contribution >= 4 is 11.5 Å². The van der Waals surface area contributed by atoms with E-state index < -0.39 is 11.6 Å². The molecule has 0 bridgehead atoms. The number of ketones is 1. The van der Waals surface area contributed by atoms with Gasteiger partial charge in [0, 0.05) is 16.8 Å². The molecule has 0 saturated carbocycles. The highest BCUT2D eigenvalue weighted by atomic mass is 19.1. The molecule has 0 atom stereocenters. The quantitative estimate of drug-likeness (QED) is 0.665. The van der Waals surface area contributed by atoms with Gasteiger partial charge in [0.05, 0.1) is 0 Å². The van der Waals surface area contributed by atoms with E-state index in [0.717, 1.165) is 6.07 Å². The fourth-order valence-electron chi connectivity index (χ4n) is 1.96. The number of benzene rings is 2. The zero-order valence-electron chi connectivity index (χ0n) is 10.6. The van der Waals surface area contributed by atoms with E-state index in [1.54, 1.807) is 13.8 Å². The molecular weight excluding hydrogens is 248 g/mol. The van der Waals surface area contributed by atoms with Crippen molar-refractivity contribution in [3.8, 4) is 0 Å². The van der Waals surface area contributed by atoms with Crippen molar-refractivity contribution in [1.82, 2.24) is 0 Å². The number of carbonyl (C=O) groups is 1. The van der Waals surface area contributed by atoms with Crippen LogP contribution in [0.2, 0.25) is 0 Å². The first kappa shape index (κ1) is 13.2. The summed E-state index contributed by atoms with van der Waals surface area (Å²) in [7, 11) is 0. The Morgan fingerprint density at radius 2 is 1.63 bits per heavy atom. The SMILES string of the molecule is Cc1cc(C(=O)c2cc(F)ccc2N)cc(C)c1F. The minimum absolute atomic E-state index is 0.0883. The smallest absolute Gasteiger partial charge is 0.195 e. The zero-order valence-corrected chi connectivity index (χ0v) is 10.6. The lowest BCUT2D eigenvalue weighted by atomic mass is 9.98. The highest BCUT2D eigenvalue weighted by molar-refractivity contribution is 6.12. The van der Waals surface area contributed by atoms with Gasteiger partial charge in [0.1, 0.15) is 11.6 Å². The molecular formula is C15H13F2NO. The van der Waals surface area contributed by atoms with Crippen molar-refractivity contribution in [3.63, 3.8) is 0 Å². The van der Waals surface area contributed by atoms with Crippen LogP contribution in [-0.2, 0) is 0 Å². The molecule has 0 radical (unpaired) electrons. The summed E-state index contributed by atoms with van der Waals surface area (Å²) in [6, 6.07) is 6.49. The van der Waals surface area contributed by atoms with E-state index in [1.807, 2.05) is 0 Å². The molecule has 4 heteroatoms. The molecule has 0 unspecified atom stereocenters. The molecule has 2 nitrogen and oxygen atoms in total. The van der Waals surface area contributed by atoms with Crippen molar-refractivity contribution in [3.05, 3.63) is 64.2 Å². The predicted octanol–water partition coefficient (Wildman–Crippen LogP) is 3.39. The second-order valence-electron chi connectivity index (χ2n) is 4.48. The minimum Gasteiger partial charge on any atom is -0.398 e. The maximum atomic E-state index is 13.5. The third-order valence-electron chi connectivity index (χ3n) is 2.96. The molecule has 2 aromatic carbocycles. The van der Waals surface area contributed by atoms with Gasteiger partial charge < -0.3 is 5.73 Å². The molecule has 0 aromatic heterocycles. The molecule has 0 aliphatic rings. The van der Waals surface area contributed by atoms with Gasteiger partial charge in [-0.25, -0.2) is 8.78 Å². The van der Waals surface area contributed by atoms with E-state index in [1.165, 1.54) is 24.3 Å². The zero-order chi connectivity index (χ0) is 14.2. The number of hydrogen-bond donors (Lipinski definition) is 1. The normalized spacial score (nSPS) is 10.5. The monoisotopic (exact) mass is 261 g/mol. The molecule has 2 N–H and O–H groups in total. The van der Waals surface area contributed by atoms with E-state index >= 15 is 0 Å². The first-order chi connectivity index (χ1) is 8.90. The number of nitrogens with two attached hydrogens (primary N) is 1. The Morgan fingerprint density at radius 1 is 1.05 bits per heavy atom. The summed E-state index contributed by atoms with van der Waals surface area (Å²) in [6.07, 6.45) is 0. The Labute approximate surface area is 109 Å². The number of anilines is 1. The van der Waals surface area contributed by atoms with Gasteiger partial charge in [0.2, 0.25) is 0 Å². The lowest BCUT2D eigenvalue weighted by molar-refractivity contribution is 0.103.